The van der Waals surface area contributed by atoms with Crippen LogP contribution < -0.4 is 10.6 Å². The van der Waals surface area contributed by atoms with Gasteiger partial charge in [0.15, 0.2) is 5.82 Å². The third-order valence-corrected chi connectivity index (χ3v) is 3.96. The van der Waals surface area contributed by atoms with Gasteiger partial charge in [0, 0.05) is 29.3 Å². The largest absolute Gasteiger partial charge is 0.362 e. The summed E-state index contributed by atoms with van der Waals surface area (Å²) in [4.78, 5) is 2.31. The first-order valence-corrected chi connectivity index (χ1v) is 7.11. The molecule has 0 aliphatic carbocycles. The number of benzene rings is 1. The molecule has 5 nitrogen and oxygen atoms in total. The lowest BCUT2D eigenvalue weighted by Gasteiger charge is -2.31. The third kappa shape index (κ3) is 2.37. The van der Waals surface area contributed by atoms with Crippen molar-refractivity contribution in [2.75, 3.05) is 11.4 Å². The molecule has 3 rings (SSSR count). The van der Waals surface area contributed by atoms with Crippen LogP contribution in [0.2, 0.25) is 0 Å². The third-order valence-electron chi connectivity index (χ3n) is 3.46. The van der Waals surface area contributed by atoms with Crippen molar-refractivity contribution in [3.05, 3.63) is 40.4 Å². The van der Waals surface area contributed by atoms with Crippen LogP contribution in [0.4, 0.5) is 5.69 Å². The Morgan fingerprint density at radius 3 is 3.00 bits per heavy atom. The molecule has 1 aliphatic heterocycles. The first kappa shape index (κ1) is 12.6. The molecule has 2 N–H and O–H groups in total. The molecule has 0 radical (unpaired) electrons. The molecule has 0 saturated carbocycles. The highest BCUT2D eigenvalue weighted by Gasteiger charge is 2.21. The van der Waals surface area contributed by atoms with Gasteiger partial charge < -0.3 is 15.2 Å². The predicted octanol–water partition coefficient (Wildman–Crippen LogP) is 2.08. The minimum Gasteiger partial charge on any atom is -0.362 e. The average Bonchev–Trinajstić information content (AvgIpc) is 2.85. The van der Waals surface area contributed by atoms with E-state index in [-0.39, 0.29) is 6.04 Å². The zero-order valence-corrected chi connectivity index (χ0v) is 12.3. The van der Waals surface area contributed by atoms with Gasteiger partial charge in [-0.25, -0.2) is 0 Å². The van der Waals surface area contributed by atoms with Gasteiger partial charge >= 0.3 is 0 Å². The van der Waals surface area contributed by atoms with E-state index >= 15 is 0 Å². The van der Waals surface area contributed by atoms with Gasteiger partial charge in [0.1, 0.15) is 6.33 Å². The molecule has 19 heavy (non-hydrogen) atoms. The molecule has 1 unspecified atom stereocenters. The molecule has 0 amide bonds. The lowest BCUT2D eigenvalue weighted by molar-refractivity contribution is 0.557. The quantitative estimate of drug-likeness (QED) is 0.920. The number of hydrogen-bond donors (Lipinski definition) is 1. The minimum absolute atomic E-state index is 0.0166. The molecule has 0 fully saturated rings. The average molecular weight is 322 g/mol. The Bertz CT molecular complexity index is 592. The summed E-state index contributed by atoms with van der Waals surface area (Å²) >= 11 is 3.54. The molecular formula is C13H16BrN5. The van der Waals surface area contributed by atoms with Gasteiger partial charge in [-0.05, 0) is 24.6 Å². The maximum atomic E-state index is 6.07. The van der Waals surface area contributed by atoms with Gasteiger partial charge in [-0.15, -0.1) is 10.2 Å². The minimum atomic E-state index is 0.0166. The number of halogens is 1. The zero-order valence-electron chi connectivity index (χ0n) is 10.8. The SMILES string of the molecule is CC(N)c1ccc(Br)cc1N1CCn2cnnc2C1. The molecule has 2 aromatic rings. The highest BCUT2D eigenvalue weighted by molar-refractivity contribution is 9.10. The molecule has 1 aliphatic rings. The van der Waals surface area contributed by atoms with E-state index in [9.17, 15) is 0 Å². The fourth-order valence-electron chi connectivity index (χ4n) is 2.45. The smallest absolute Gasteiger partial charge is 0.152 e. The fraction of sp³-hybridized carbons (Fsp3) is 0.385. The number of hydrogen-bond acceptors (Lipinski definition) is 4. The summed E-state index contributed by atoms with van der Waals surface area (Å²) in [6.45, 7) is 4.64. The number of nitrogens with zero attached hydrogens (tertiary/aromatic N) is 4. The Kier molecular flexibility index (Phi) is 3.28. The number of fused-ring (bicyclic) bond motifs is 1. The molecule has 6 heteroatoms. The Morgan fingerprint density at radius 1 is 1.37 bits per heavy atom. The summed E-state index contributed by atoms with van der Waals surface area (Å²) in [5.41, 5.74) is 8.41. The molecule has 1 aromatic heterocycles. The van der Waals surface area contributed by atoms with E-state index in [2.05, 4.69) is 47.7 Å². The Hall–Kier alpha value is -1.40. The van der Waals surface area contributed by atoms with E-state index in [1.807, 2.05) is 13.0 Å². The van der Waals surface area contributed by atoms with Gasteiger partial charge in [0.05, 0.1) is 6.54 Å². The van der Waals surface area contributed by atoms with Crippen LogP contribution in [0.5, 0.6) is 0 Å². The van der Waals surface area contributed by atoms with Crippen LogP contribution >= 0.6 is 15.9 Å². The van der Waals surface area contributed by atoms with E-state index < -0.39 is 0 Å². The predicted molar refractivity (Wildman–Crippen MR) is 77.8 cm³/mol. The van der Waals surface area contributed by atoms with Crippen molar-refractivity contribution in [1.29, 1.82) is 0 Å². The van der Waals surface area contributed by atoms with Crippen LogP contribution in [-0.4, -0.2) is 21.3 Å². The molecule has 0 spiro atoms. The summed E-state index contributed by atoms with van der Waals surface area (Å²) in [5.74, 6) is 1.00. The lowest BCUT2D eigenvalue weighted by Crippen LogP contribution is -2.34. The van der Waals surface area contributed by atoms with Crippen LogP contribution in [0.25, 0.3) is 0 Å². The van der Waals surface area contributed by atoms with Gasteiger partial charge in [-0.3, -0.25) is 0 Å². The molecule has 100 valence electrons. The van der Waals surface area contributed by atoms with E-state index in [0.29, 0.717) is 0 Å². The Labute approximate surface area is 120 Å². The van der Waals surface area contributed by atoms with E-state index in [1.165, 1.54) is 5.69 Å². The molecule has 2 heterocycles. The summed E-state index contributed by atoms with van der Waals surface area (Å²) in [6.07, 6.45) is 1.79. The van der Waals surface area contributed by atoms with Crippen LogP contribution in [0.1, 0.15) is 24.4 Å². The fourth-order valence-corrected chi connectivity index (χ4v) is 2.80. The van der Waals surface area contributed by atoms with Gasteiger partial charge in [-0.1, -0.05) is 22.0 Å². The summed E-state index contributed by atoms with van der Waals surface area (Å²) in [6, 6.07) is 6.27. The first-order chi connectivity index (χ1) is 9.15. The van der Waals surface area contributed by atoms with Crippen LogP contribution in [0.3, 0.4) is 0 Å². The standard InChI is InChI=1S/C13H16BrN5/c1-9(15)11-3-2-10(14)6-12(11)18-4-5-19-8-16-17-13(19)7-18/h2-3,6,8-9H,4-5,7,15H2,1H3. The second kappa shape index (κ2) is 4.94. The normalized spacial score (nSPS) is 16.3. The van der Waals surface area contributed by atoms with E-state index in [4.69, 9.17) is 5.73 Å². The van der Waals surface area contributed by atoms with Gasteiger partial charge in [-0.2, -0.15) is 0 Å². The monoisotopic (exact) mass is 321 g/mol. The van der Waals surface area contributed by atoms with Gasteiger partial charge in [0.2, 0.25) is 0 Å². The van der Waals surface area contributed by atoms with Gasteiger partial charge in [0.25, 0.3) is 0 Å². The van der Waals surface area contributed by atoms with Crippen molar-refractivity contribution in [1.82, 2.24) is 14.8 Å². The number of nitrogens with two attached hydrogens (primary N) is 1. The number of aromatic nitrogens is 3. The van der Waals surface area contributed by atoms with Crippen molar-refractivity contribution in [3.63, 3.8) is 0 Å². The summed E-state index contributed by atoms with van der Waals surface area (Å²) in [7, 11) is 0. The topological polar surface area (TPSA) is 60.0 Å². The maximum absolute atomic E-state index is 6.07. The zero-order chi connectivity index (χ0) is 13.4. The van der Waals surface area contributed by atoms with Crippen molar-refractivity contribution in [3.8, 4) is 0 Å². The molecular weight excluding hydrogens is 306 g/mol. The summed E-state index contributed by atoms with van der Waals surface area (Å²) < 4.78 is 3.17. The Balaban J connectivity index is 1.97. The van der Waals surface area contributed by atoms with Crippen LogP contribution in [0.15, 0.2) is 29.0 Å². The van der Waals surface area contributed by atoms with Crippen molar-refractivity contribution in [2.24, 2.45) is 5.73 Å². The van der Waals surface area contributed by atoms with Crippen LogP contribution in [-0.2, 0) is 13.1 Å². The van der Waals surface area contributed by atoms with E-state index in [1.54, 1.807) is 6.33 Å². The Morgan fingerprint density at radius 2 is 2.21 bits per heavy atom. The van der Waals surface area contributed by atoms with Crippen molar-refractivity contribution >= 4 is 21.6 Å². The molecule has 1 atom stereocenters. The number of anilines is 1. The molecule has 0 saturated heterocycles. The van der Waals surface area contributed by atoms with Crippen molar-refractivity contribution in [2.45, 2.75) is 26.1 Å². The maximum Gasteiger partial charge on any atom is 0.152 e. The van der Waals surface area contributed by atoms with Crippen molar-refractivity contribution < 1.29 is 0 Å². The van der Waals surface area contributed by atoms with Crippen LogP contribution in [0, 0.1) is 0 Å². The second-order valence-corrected chi connectivity index (χ2v) is 5.77. The highest BCUT2D eigenvalue weighted by Crippen LogP contribution is 2.30. The summed E-state index contributed by atoms with van der Waals surface area (Å²) in [5, 5.41) is 8.12. The highest BCUT2D eigenvalue weighted by atomic mass is 79.9. The first-order valence-electron chi connectivity index (χ1n) is 6.32. The second-order valence-electron chi connectivity index (χ2n) is 4.85. The van der Waals surface area contributed by atoms with E-state index in [0.717, 1.165) is 35.5 Å². The molecule has 0 bridgehead atoms. The lowest BCUT2D eigenvalue weighted by atomic mass is 10.1. The number of rotatable bonds is 2. The molecule has 1 aromatic carbocycles.